The second-order valence-electron chi connectivity index (χ2n) is 8.59. The maximum absolute atomic E-state index is 12.5. The molecule has 1 amide bonds. The molecular formula is C22H29NO2. The molecule has 5 rings (SSSR count). The largest absolute Gasteiger partial charge is 0.496 e. The number of hydrogen-bond acceptors (Lipinski definition) is 2. The van der Waals surface area contributed by atoms with Gasteiger partial charge in [0.25, 0.3) is 0 Å². The SMILES string of the molecule is COc1ccccc1/C=C/C(=O)N[C@H](C)C12CC3CC(CC(C3)C1)C2. The predicted molar refractivity (Wildman–Crippen MR) is 100 cm³/mol. The summed E-state index contributed by atoms with van der Waals surface area (Å²) in [4.78, 5) is 12.5. The van der Waals surface area contributed by atoms with E-state index in [1.54, 1.807) is 13.2 Å². The van der Waals surface area contributed by atoms with Gasteiger partial charge >= 0.3 is 0 Å². The number of carbonyl (C=O) groups excluding carboxylic acids is 1. The van der Waals surface area contributed by atoms with Crippen LogP contribution in [0, 0.1) is 23.2 Å². The van der Waals surface area contributed by atoms with Crippen LogP contribution in [0.15, 0.2) is 30.3 Å². The molecule has 1 aromatic rings. The quantitative estimate of drug-likeness (QED) is 0.806. The van der Waals surface area contributed by atoms with Crippen molar-refractivity contribution in [2.75, 3.05) is 7.11 Å². The van der Waals surface area contributed by atoms with E-state index in [0.717, 1.165) is 29.1 Å². The lowest BCUT2D eigenvalue weighted by molar-refractivity contribution is -0.121. The molecule has 1 aromatic carbocycles. The lowest BCUT2D eigenvalue weighted by atomic mass is 9.48. The van der Waals surface area contributed by atoms with Crippen LogP contribution in [0.4, 0.5) is 0 Å². The monoisotopic (exact) mass is 339 g/mol. The summed E-state index contributed by atoms with van der Waals surface area (Å²) in [6.07, 6.45) is 11.8. The molecule has 1 N–H and O–H groups in total. The summed E-state index contributed by atoms with van der Waals surface area (Å²) in [5.74, 6) is 3.54. The van der Waals surface area contributed by atoms with Gasteiger partial charge < -0.3 is 10.1 Å². The minimum absolute atomic E-state index is 0.00847. The van der Waals surface area contributed by atoms with Gasteiger partial charge in [0.2, 0.25) is 5.91 Å². The van der Waals surface area contributed by atoms with Crippen LogP contribution in [0.25, 0.3) is 6.08 Å². The van der Waals surface area contributed by atoms with Crippen LogP contribution in [-0.2, 0) is 4.79 Å². The number of carbonyl (C=O) groups is 1. The van der Waals surface area contributed by atoms with Gasteiger partial charge in [0.1, 0.15) is 5.75 Å². The van der Waals surface area contributed by atoms with Gasteiger partial charge in [-0.05, 0) is 80.8 Å². The Bertz CT molecular complexity index is 643. The van der Waals surface area contributed by atoms with Gasteiger partial charge in [-0.2, -0.15) is 0 Å². The first-order chi connectivity index (χ1) is 12.1. The van der Waals surface area contributed by atoms with Crippen LogP contribution < -0.4 is 10.1 Å². The van der Waals surface area contributed by atoms with Crippen LogP contribution in [-0.4, -0.2) is 19.1 Å². The second kappa shape index (κ2) is 6.51. The van der Waals surface area contributed by atoms with E-state index in [9.17, 15) is 4.79 Å². The predicted octanol–water partition coefficient (Wildman–Crippen LogP) is 4.43. The zero-order valence-electron chi connectivity index (χ0n) is 15.3. The Morgan fingerprint density at radius 3 is 2.36 bits per heavy atom. The lowest BCUT2D eigenvalue weighted by Crippen LogP contribution is -2.55. The van der Waals surface area contributed by atoms with Crippen molar-refractivity contribution in [2.45, 2.75) is 51.5 Å². The third kappa shape index (κ3) is 3.21. The summed E-state index contributed by atoms with van der Waals surface area (Å²) in [5, 5.41) is 3.28. The number of methoxy groups -OCH3 is 1. The molecule has 0 radical (unpaired) electrons. The molecule has 4 fully saturated rings. The van der Waals surface area contributed by atoms with Gasteiger partial charge in [-0.25, -0.2) is 0 Å². The second-order valence-corrected chi connectivity index (χ2v) is 8.59. The van der Waals surface area contributed by atoms with Crippen LogP contribution in [0.3, 0.4) is 0 Å². The fourth-order valence-electron chi connectivity index (χ4n) is 6.09. The molecule has 134 valence electrons. The fourth-order valence-corrected chi connectivity index (χ4v) is 6.09. The van der Waals surface area contributed by atoms with Crippen molar-refractivity contribution < 1.29 is 9.53 Å². The number of rotatable bonds is 5. The Morgan fingerprint density at radius 2 is 1.76 bits per heavy atom. The number of para-hydroxylation sites is 1. The molecule has 4 aliphatic rings. The highest BCUT2D eigenvalue weighted by Crippen LogP contribution is 2.61. The number of amides is 1. The molecule has 1 atom stereocenters. The first kappa shape index (κ1) is 16.7. The normalized spacial score (nSPS) is 34.2. The summed E-state index contributed by atoms with van der Waals surface area (Å²) in [5.41, 5.74) is 1.28. The highest BCUT2D eigenvalue weighted by molar-refractivity contribution is 5.92. The standard InChI is InChI=1S/C22H29NO2/c1-15(22-12-16-9-17(13-22)11-18(10-16)14-22)23-21(24)8-7-19-5-3-4-6-20(19)25-2/h3-8,15-18H,9-14H2,1-2H3,(H,23,24)/b8-7+/t15-,16?,17?,18?,22?/m1/s1. The molecule has 25 heavy (non-hydrogen) atoms. The number of benzene rings is 1. The number of ether oxygens (including phenoxy) is 1. The van der Waals surface area contributed by atoms with Gasteiger partial charge in [-0.15, -0.1) is 0 Å². The third-order valence-corrected chi connectivity index (χ3v) is 6.92. The molecule has 0 heterocycles. The molecular weight excluding hydrogens is 310 g/mol. The maximum Gasteiger partial charge on any atom is 0.244 e. The van der Waals surface area contributed by atoms with Gasteiger partial charge in [-0.1, -0.05) is 18.2 Å². The number of nitrogens with one attached hydrogen (secondary N) is 1. The Hall–Kier alpha value is -1.77. The van der Waals surface area contributed by atoms with E-state index >= 15 is 0 Å². The molecule has 3 nitrogen and oxygen atoms in total. The van der Waals surface area contributed by atoms with Crippen molar-refractivity contribution in [1.29, 1.82) is 0 Å². The summed E-state index contributed by atoms with van der Waals surface area (Å²) in [6.45, 7) is 2.22. The van der Waals surface area contributed by atoms with E-state index in [2.05, 4.69) is 12.2 Å². The maximum atomic E-state index is 12.5. The van der Waals surface area contributed by atoms with Crippen molar-refractivity contribution in [2.24, 2.45) is 23.2 Å². The zero-order valence-corrected chi connectivity index (χ0v) is 15.3. The summed E-state index contributed by atoms with van der Waals surface area (Å²) in [7, 11) is 1.65. The van der Waals surface area contributed by atoms with Crippen molar-refractivity contribution in [3.05, 3.63) is 35.9 Å². The Kier molecular flexibility index (Phi) is 4.35. The van der Waals surface area contributed by atoms with Gasteiger partial charge in [0.05, 0.1) is 7.11 Å². The highest BCUT2D eigenvalue weighted by Gasteiger charge is 2.53. The Labute approximate surface area is 150 Å². The van der Waals surface area contributed by atoms with Crippen LogP contribution >= 0.6 is 0 Å². The average Bonchev–Trinajstić information content (AvgIpc) is 2.59. The summed E-state index contributed by atoms with van der Waals surface area (Å²) in [6, 6.07) is 8.03. The summed E-state index contributed by atoms with van der Waals surface area (Å²) < 4.78 is 5.34. The van der Waals surface area contributed by atoms with E-state index in [0.29, 0.717) is 5.41 Å². The van der Waals surface area contributed by atoms with Crippen molar-refractivity contribution in [3.8, 4) is 5.75 Å². The highest BCUT2D eigenvalue weighted by atomic mass is 16.5. The average molecular weight is 339 g/mol. The molecule has 0 aromatic heterocycles. The molecule has 3 heteroatoms. The molecule has 4 bridgehead atoms. The van der Waals surface area contributed by atoms with Crippen molar-refractivity contribution in [1.82, 2.24) is 5.32 Å². The Morgan fingerprint density at radius 1 is 1.16 bits per heavy atom. The minimum atomic E-state index is 0.00847. The molecule has 0 unspecified atom stereocenters. The van der Waals surface area contributed by atoms with Gasteiger partial charge in [0, 0.05) is 17.7 Å². The number of hydrogen-bond donors (Lipinski definition) is 1. The van der Waals surface area contributed by atoms with Crippen LogP contribution in [0.1, 0.15) is 51.0 Å². The molecule has 4 aliphatic carbocycles. The fraction of sp³-hybridized carbons (Fsp3) is 0.591. The van der Waals surface area contributed by atoms with Crippen LogP contribution in [0.2, 0.25) is 0 Å². The van der Waals surface area contributed by atoms with Gasteiger partial charge in [0.15, 0.2) is 0 Å². The minimum Gasteiger partial charge on any atom is -0.496 e. The van der Waals surface area contributed by atoms with E-state index in [1.807, 2.05) is 30.3 Å². The van der Waals surface area contributed by atoms with Crippen LogP contribution in [0.5, 0.6) is 5.75 Å². The lowest BCUT2D eigenvalue weighted by Gasteiger charge is -2.59. The summed E-state index contributed by atoms with van der Waals surface area (Å²) >= 11 is 0. The molecule has 0 spiro atoms. The van der Waals surface area contributed by atoms with E-state index in [4.69, 9.17) is 4.74 Å². The topological polar surface area (TPSA) is 38.3 Å². The molecule has 4 saturated carbocycles. The smallest absolute Gasteiger partial charge is 0.244 e. The molecule has 0 saturated heterocycles. The first-order valence-electron chi connectivity index (χ1n) is 9.69. The van der Waals surface area contributed by atoms with E-state index < -0.39 is 0 Å². The third-order valence-electron chi connectivity index (χ3n) is 6.92. The molecule has 0 aliphatic heterocycles. The first-order valence-corrected chi connectivity index (χ1v) is 9.69. The van der Waals surface area contributed by atoms with Crippen molar-refractivity contribution >= 4 is 12.0 Å². The van der Waals surface area contributed by atoms with Gasteiger partial charge in [-0.3, -0.25) is 4.79 Å². The zero-order chi connectivity index (χ0) is 17.4. The Balaban J connectivity index is 1.42. The van der Waals surface area contributed by atoms with E-state index in [-0.39, 0.29) is 11.9 Å². The van der Waals surface area contributed by atoms with E-state index in [1.165, 1.54) is 38.5 Å². The van der Waals surface area contributed by atoms with Crippen molar-refractivity contribution in [3.63, 3.8) is 0 Å².